The van der Waals surface area contributed by atoms with Crippen LogP contribution in [-0.4, -0.2) is 16.5 Å². The van der Waals surface area contributed by atoms with Crippen molar-refractivity contribution in [2.75, 3.05) is 11.9 Å². The lowest BCUT2D eigenvalue weighted by Gasteiger charge is -2.09. The van der Waals surface area contributed by atoms with Crippen LogP contribution in [0, 0.1) is 0 Å². The lowest BCUT2D eigenvalue weighted by atomic mass is 10.2. The molecule has 15 heavy (non-hydrogen) atoms. The lowest BCUT2D eigenvalue weighted by molar-refractivity contribution is 0.792. The largest absolute Gasteiger partial charge is 0.369 e. The molecule has 0 fully saturated rings. The average Bonchev–Trinajstić information content (AvgIpc) is 2.81. The maximum Gasteiger partial charge on any atom is 0.125 e. The molecule has 1 unspecified atom stereocenters. The van der Waals surface area contributed by atoms with Gasteiger partial charge >= 0.3 is 0 Å². The smallest absolute Gasteiger partial charge is 0.125 e. The molecular weight excluding hydrogens is 206 g/mol. The van der Waals surface area contributed by atoms with Crippen molar-refractivity contribution in [3.63, 3.8) is 0 Å². The maximum absolute atomic E-state index is 4.29. The molecule has 1 N–H and O–H groups in total. The van der Waals surface area contributed by atoms with E-state index in [1.165, 1.54) is 5.01 Å². The molecule has 0 bridgehead atoms. The number of aromatic nitrogens is 2. The number of anilines is 1. The highest BCUT2D eigenvalue weighted by Crippen LogP contribution is 2.17. The molecule has 0 aromatic carbocycles. The first-order valence-corrected chi connectivity index (χ1v) is 5.78. The Balaban J connectivity index is 1.89. The van der Waals surface area contributed by atoms with Crippen LogP contribution in [0.5, 0.6) is 0 Å². The first-order valence-electron chi connectivity index (χ1n) is 4.90. The highest BCUT2D eigenvalue weighted by atomic mass is 32.1. The minimum Gasteiger partial charge on any atom is -0.369 e. The van der Waals surface area contributed by atoms with E-state index in [0.717, 1.165) is 12.4 Å². The highest BCUT2D eigenvalue weighted by molar-refractivity contribution is 7.09. The predicted octanol–water partition coefficient (Wildman–Crippen LogP) is 2.75. The monoisotopic (exact) mass is 219 g/mol. The quantitative estimate of drug-likeness (QED) is 0.859. The first-order chi connectivity index (χ1) is 7.36. The summed E-state index contributed by atoms with van der Waals surface area (Å²) in [5.74, 6) is 1.34. The van der Waals surface area contributed by atoms with Crippen LogP contribution in [0.1, 0.15) is 17.8 Å². The molecule has 0 aliphatic carbocycles. The second-order valence-electron chi connectivity index (χ2n) is 3.37. The average molecular weight is 219 g/mol. The maximum atomic E-state index is 4.29. The molecular formula is C11H13N3S. The third-order valence-electron chi connectivity index (χ3n) is 2.13. The standard InChI is InChI=1S/C11H13N3S/c1-9(11-13-6-7-15-11)8-14-10-4-2-3-5-12-10/h2-7,9H,8H2,1H3,(H,12,14). The fraction of sp³-hybridized carbons (Fsp3) is 0.273. The van der Waals surface area contributed by atoms with Crippen LogP contribution in [-0.2, 0) is 0 Å². The molecule has 3 nitrogen and oxygen atoms in total. The van der Waals surface area contributed by atoms with Gasteiger partial charge in [0.1, 0.15) is 5.82 Å². The number of nitrogens with one attached hydrogen (secondary N) is 1. The topological polar surface area (TPSA) is 37.8 Å². The Bertz CT molecular complexity index is 385. The molecule has 2 aromatic heterocycles. The number of hydrogen-bond donors (Lipinski definition) is 1. The Labute approximate surface area is 93.2 Å². The van der Waals surface area contributed by atoms with Gasteiger partial charge in [-0.05, 0) is 12.1 Å². The van der Waals surface area contributed by atoms with Gasteiger partial charge in [0.05, 0.1) is 5.01 Å². The Morgan fingerprint density at radius 1 is 1.33 bits per heavy atom. The molecule has 0 aliphatic rings. The number of thiazole rings is 1. The van der Waals surface area contributed by atoms with Gasteiger partial charge < -0.3 is 5.32 Å². The second-order valence-corrected chi connectivity index (χ2v) is 4.29. The summed E-state index contributed by atoms with van der Waals surface area (Å²) < 4.78 is 0. The van der Waals surface area contributed by atoms with Crippen molar-refractivity contribution in [2.24, 2.45) is 0 Å². The Morgan fingerprint density at radius 2 is 2.27 bits per heavy atom. The molecule has 78 valence electrons. The van der Waals surface area contributed by atoms with Crippen LogP contribution in [0.4, 0.5) is 5.82 Å². The van der Waals surface area contributed by atoms with Crippen molar-refractivity contribution in [1.82, 2.24) is 9.97 Å². The molecule has 0 radical (unpaired) electrons. The number of rotatable bonds is 4. The summed E-state index contributed by atoms with van der Waals surface area (Å²) >= 11 is 1.69. The molecule has 2 heterocycles. The number of pyridine rings is 1. The molecule has 0 spiro atoms. The summed E-state index contributed by atoms with van der Waals surface area (Å²) in [6.45, 7) is 3.03. The van der Waals surface area contributed by atoms with Crippen LogP contribution in [0.25, 0.3) is 0 Å². The van der Waals surface area contributed by atoms with Gasteiger partial charge in [-0.3, -0.25) is 0 Å². The Hall–Kier alpha value is -1.42. The molecule has 2 aromatic rings. The minimum absolute atomic E-state index is 0.423. The van der Waals surface area contributed by atoms with Gasteiger partial charge in [-0.25, -0.2) is 9.97 Å². The molecule has 4 heteroatoms. The third-order valence-corrected chi connectivity index (χ3v) is 3.13. The van der Waals surface area contributed by atoms with E-state index in [1.54, 1.807) is 17.5 Å². The molecule has 0 aliphatic heterocycles. The number of nitrogens with zero attached hydrogens (tertiary/aromatic N) is 2. The molecule has 2 rings (SSSR count). The van der Waals surface area contributed by atoms with Crippen molar-refractivity contribution in [3.8, 4) is 0 Å². The van der Waals surface area contributed by atoms with Crippen molar-refractivity contribution in [2.45, 2.75) is 12.8 Å². The summed E-state index contributed by atoms with van der Waals surface area (Å²) in [5, 5.41) is 6.46. The summed E-state index contributed by atoms with van der Waals surface area (Å²) in [7, 11) is 0. The summed E-state index contributed by atoms with van der Waals surface area (Å²) in [5.41, 5.74) is 0. The van der Waals surface area contributed by atoms with Crippen LogP contribution < -0.4 is 5.32 Å². The third kappa shape index (κ3) is 2.76. The van der Waals surface area contributed by atoms with E-state index >= 15 is 0 Å². The zero-order valence-corrected chi connectivity index (χ0v) is 9.37. The van der Waals surface area contributed by atoms with Crippen molar-refractivity contribution in [3.05, 3.63) is 41.0 Å². The fourth-order valence-electron chi connectivity index (χ4n) is 1.29. The van der Waals surface area contributed by atoms with Gasteiger partial charge in [0.2, 0.25) is 0 Å². The van der Waals surface area contributed by atoms with Crippen LogP contribution in [0.2, 0.25) is 0 Å². The van der Waals surface area contributed by atoms with Crippen molar-refractivity contribution in [1.29, 1.82) is 0 Å². The van der Waals surface area contributed by atoms with E-state index in [2.05, 4.69) is 22.2 Å². The van der Waals surface area contributed by atoms with Crippen molar-refractivity contribution < 1.29 is 0 Å². The molecule has 0 saturated carbocycles. The van der Waals surface area contributed by atoms with E-state index in [-0.39, 0.29) is 0 Å². The van der Waals surface area contributed by atoms with E-state index < -0.39 is 0 Å². The van der Waals surface area contributed by atoms with Crippen LogP contribution in [0.15, 0.2) is 36.0 Å². The summed E-state index contributed by atoms with van der Waals surface area (Å²) in [6.07, 6.45) is 3.63. The Kier molecular flexibility index (Phi) is 3.29. The van der Waals surface area contributed by atoms with Crippen LogP contribution >= 0.6 is 11.3 Å². The van der Waals surface area contributed by atoms with E-state index in [4.69, 9.17) is 0 Å². The summed E-state index contributed by atoms with van der Waals surface area (Å²) in [6, 6.07) is 5.85. The molecule has 0 saturated heterocycles. The molecule has 1 atom stereocenters. The summed E-state index contributed by atoms with van der Waals surface area (Å²) in [4.78, 5) is 8.49. The number of hydrogen-bond acceptors (Lipinski definition) is 4. The van der Waals surface area contributed by atoms with E-state index in [1.807, 2.05) is 29.8 Å². The zero-order chi connectivity index (χ0) is 10.5. The fourth-order valence-corrected chi connectivity index (χ4v) is 1.99. The van der Waals surface area contributed by atoms with Crippen molar-refractivity contribution >= 4 is 17.2 Å². The van der Waals surface area contributed by atoms with Gasteiger partial charge in [0.15, 0.2) is 0 Å². The van der Waals surface area contributed by atoms with E-state index in [0.29, 0.717) is 5.92 Å². The van der Waals surface area contributed by atoms with Gasteiger partial charge in [0.25, 0.3) is 0 Å². The second kappa shape index (κ2) is 4.89. The Morgan fingerprint density at radius 3 is 2.93 bits per heavy atom. The van der Waals surface area contributed by atoms with Gasteiger partial charge in [-0.2, -0.15) is 0 Å². The molecule has 0 amide bonds. The van der Waals surface area contributed by atoms with E-state index in [9.17, 15) is 0 Å². The highest BCUT2D eigenvalue weighted by Gasteiger charge is 2.07. The zero-order valence-electron chi connectivity index (χ0n) is 8.55. The SMILES string of the molecule is CC(CNc1ccccn1)c1nccs1. The van der Waals surface area contributed by atoms with Gasteiger partial charge in [-0.15, -0.1) is 11.3 Å². The predicted molar refractivity (Wildman–Crippen MR) is 63.3 cm³/mol. The van der Waals surface area contributed by atoms with Crippen LogP contribution in [0.3, 0.4) is 0 Å². The normalized spacial score (nSPS) is 12.3. The van der Waals surface area contributed by atoms with Gasteiger partial charge in [0, 0.05) is 30.2 Å². The first kappa shape index (κ1) is 10.1. The minimum atomic E-state index is 0.423. The lowest BCUT2D eigenvalue weighted by Crippen LogP contribution is -2.10. The van der Waals surface area contributed by atoms with Gasteiger partial charge in [-0.1, -0.05) is 13.0 Å².